The van der Waals surface area contributed by atoms with Crippen LogP contribution >= 0.6 is 11.3 Å². The van der Waals surface area contributed by atoms with Gasteiger partial charge in [-0.3, -0.25) is 9.59 Å². The molecule has 8 heteroatoms. The lowest BCUT2D eigenvalue weighted by Gasteiger charge is -2.28. The van der Waals surface area contributed by atoms with E-state index >= 15 is 0 Å². The van der Waals surface area contributed by atoms with Crippen LogP contribution in [0.15, 0.2) is 29.8 Å². The number of benzene rings is 1. The second kappa shape index (κ2) is 13.6. The van der Waals surface area contributed by atoms with Gasteiger partial charge in [0.05, 0.1) is 28.2 Å². The molecule has 1 aromatic heterocycles. The summed E-state index contributed by atoms with van der Waals surface area (Å²) in [4.78, 5) is 32.8. The van der Waals surface area contributed by atoms with E-state index in [4.69, 9.17) is 0 Å². The Morgan fingerprint density at radius 1 is 1.18 bits per heavy atom. The van der Waals surface area contributed by atoms with Gasteiger partial charge in [-0.1, -0.05) is 52.0 Å². The van der Waals surface area contributed by atoms with Gasteiger partial charge in [-0.25, -0.2) is 4.98 Å². The first-order chi connectivity index (χ1) is 16.5. The van der Waals surface area contributed by atoms with Gasteiger partial charge in [-0.2, -0.15) is 0 Å². The molecule has 2 aliphatic rings. The van der Waals surface area contributed by atoms with Crippen molar-refractivity contribution >= 4 is 23.2 Å². The quantitative estimate of drug-likeness (QED) is 0.552. The highest BCUT2D eigenvalue weighted by Crippen LogP contribution is 2.34. The number of hydrogen-bond donors (Lipinski definition) is 3. The number of aliphatic hydroxyl groups excluding tert-OH is 1. The van der Waals surface area contributed by atoms with Gasteiger partial charge in [0.15, 0.2) is 0 Å². The van der Waals surface area contributed by atoms with Gasteiger partial charge >= 0.3 is 0 Å². The van der Waals surface area contributed by atoms with Crippen LogP contribution in [0, 0.1) is 12.8 Å². The van der Waals surface area contributed by atoms with Crippen LogP contribution in [0.3, 0.4) is 0 Å². The molecule has 0 bridgehead atoms. The van der Waals surface area contributed by atoms with Gasteiger partial charge in [0.2, 0.25) is 11.8 Å². The fourth-order valence-corrected chi connectivity index (χ4v) is 4.95. The van der Waals surface area contributed by atoms with Gasteiger partial charge in [0.1, 0.15) is 6.04 Å². The summed E-state index contributed by atoms with van der Waals surface area (Å²) in [5.74, 6) is 0.0403. The molecule has 7 nitrogen and oxygen atoms in total. The van der Waals surface area contributed by atoms with E-state index in [2.05, 4.69) is 15.6 Å². The van der Waals surface area contributed by atoms with E-state index in [-0.39, 0.29) is 30.8 Å². The number of amides is 2. The molecule has 34 heavy (non-hydrogen) atoms. The monoisotopic (exact) mass is 488 g/mol. The molecular weight excluding hydrogens is 448 g/mol. The molecule has 188 valence electrons. The van der Waals surface area contributed by atoms with Crippen molar-refractivity contribution < 1.29 is 14.7 Å². The highest BCUT2D eigenvalue weighted by molar-refractivity contribution is 7.13. The van der Waals surface area contributed by atoms with Crippen molar-refractivity contribution in [3.63, 3.8) is 0 Å². The lowest BCUT2D eigenvalue weighted by molar-refractivity contribution is -0.140. The molecule has 3 N–H and O–H groups in total. The van der Waals surface area contributed by atoms with Crippen molar-refractivity contribution in [2.75, 3.05) is 13.6 Å². The number of nitrogens with one attached hydrogen (secondary N) is 2. The summed E-state index contributed by atoms with van der Waals surface area (Å²) >= 11 is 1.61. The first-order valence-electron chi connectivity index (χ1n) is 12.4. The van der Waals surface area contributed by atoms with E-state index in [0.29, 0.717) is 12.5 Å². The average Bonchev–Trinajstić information content (AvgIpc) is 3.49. The molecule has 0 radical (unpaired) electrons. The van der Waals surface area contributed by atoms with Gasteiger partial charge in [-0.15, -0.1) is 11.3 Å². The van der Waals surface area contributed by atoms with Gasteiger partial charge in [0.25, 0.3) is 0 Å². The number of aliphatic hydroxyl groups is 1. The van der Waals surface area contributed by atoms with Crippen LogP contribution in [0.1, 0.15) is 58.2 Å². The average molecular weight is 489 g/mol. The van der Waals surface area contributed by atoms with Crippen LogP contribution in [-0.4, -0.2) is 58.6 Å². The first kappa shape index (κ1) is 28.0. The number of likely N-dealkylation sites (tertiary alicyclic amines) is 1. The first-order valence-corrected chi connectivity index (χ1v) is 13.3. The predicted molar refractivity (Wildman–Crippen MR) is 139 cm³/mol. The molecule has 2 heterocycles. The summed E-state index contributed by atoms with van der Waals surface area (Å²) in [6, 6.07) is 7.15. The van der Waals surface area contributed by atoms with Crippen molar-refractivity contribution in [2.45, 2.75) is 78.6 Å². The summed E-state index contributed by atoms with van der Waals surface area (Å²) in [6.07, 6.45) is 1.68. The van der Waals surface area contributed by atoms with Crippen LogP contribution in [0.4, 0.5) is 0 Å². The number of likely N-dealkylation sites (N-methyl/N-ethyl adjacent to an activating group) is 1. The van der Waals surface area contributed by atoms with E-state index in [0.717, 1.165) is 34.5 Å². The smallest absolute Gasteiger partial charge is 0.243 e. The number of nitrogens with zero attached hydrogens (tertiary/aromatic N) is 2. The fourth-order valence-electron chi connectivity index (χ4n) is 4.13. The Balaban J connectivity index is 0.000000970. The molecule has 2 fully saturated rings. The van der Waals surface area contributed by atoms with Gasteiger partial charge in [0, 0.05) is 19.5 Å². The molecule has 2 amide bonds. The normalized spacial score (nSPS) is 19.9. The van der Waals surface area contributed by atoms with Crippen LogP contribution in [0.5, 0.6) is 0 Å². The summed E-state index contributed by atoms with van der Waals surface area (Å²) in [5, 5.41) is 16.1. The number of β-amino-alcohol motifs (C(OH)–C–C–N with tert-alkyl or cyclic N) is 1. The summed E-state index contributed by atoms with van der Waals surface area (Å²) in [5.41, 5.74) is 4.94. The molecule has 1 aliphatic carbocycles. The Bertz CT molecular complexity index is 911. The lowest BCUT2D eigenvalue weighted by atomic mass is 10.1. The minimum Gasteiger partial charge on any atom is -0.391 e. The molecule has 3 atom stereocenters. The van der Waals surface area contributed by atoms with E-state index in [1.807, 2.05) is 64.4 Å². The van der Waals surface area contributed by atoms with Crippen molar-refractivity contribution in [3.8, 4) is 10.4 Å². The third-order valence-electron chi connectivity index (χ3n) is 5.96. The molecule has 1 aliphatic heterocycles. The maximum atomic E-state index is 12.9. The Morgan fingerprint density at radius 3 is 2.35 bits per heavy atom. The fraction of sp³-hybridized carbons (Fsp3) is 0.577. The van der Waals surface area contributed by atoms with Crippen molar-refractivity contribution in [1.82, 2.24) is 20.5 Å². The topological polar surface area (TPSA) is 94.6 Å². The molecular formula is C26H40N4O3S. The summed E-state index contributed by atoms with van der Waals surface area (Å²) in [7, 11) is 1.78. The molecule has 2 aromatic rings. The Labute approximate surface area is 208 Å². The zero-order valence-electron chi connectivity index (χ0n) is 21.3. The van der Waals surface area contributed by atoms with Crippen LogP contribution in [0.2, 0.25) is 0 Å². The van der Waals surface area contributed by atoms with Crippen LogP contribution < -0.4 is 10.6 Å². The number of aromatic nitrogens is 1. The highest BCUT2D eigenvalue weighted by atomic mass is 32.1. The highest BCUT2D eigenvalue weighted by Gasteiger charge is 2.44. The van der Waals surface area contributed by atoms with E-state index in [1.54, 1.807) is 23.3 Å². The zero-order chi connectivity index (χ0) is 25.3. The van der Waals surface area contributed by atoms with Crippen LogP contribution in [0.25, 0.3) is 10.4 Å². The minimum atomic E-state index is -0.664. The number of aryl methyl sites for hydroxylation is 1. The Hall–Kier alpha value is -2.29. The SMILES string of the molecule is CC.CC.CNC(C(=O)N1CC(O)CC1C(=O)NCc1ccc(-c2scnc2C)cc1)C1CC1. The summed E-state index contributed by atoms with van der Waals surface area (Å²) < 4.78 is 0. The molecule has 1 aromatic carbocycles. The van der Waals surface area contributed by atoms with Crippen LogP contribution in [-0.2, 0) is 16.1 Å². The molecule has 3 unspecified atom stereocenters. The zero-order valence-corrected chi connectivity index (χ0v) is 22.1. The van der Waals surface area contributed by atoms with Crippen molar-refractivity contribution in [2.24, 2.45) is 5.92 Å². The maximum Gasteiger partial charge on any atom is 0.243 e. The summed E-state index contributed by atoms with van der Waals surface area (Å²) in [6.45, 7) is 10.6. The second-order valence-electron chi connectivity index (χ2n) is 8.18. The molecule has 4 rings (SSSR count). The number of thiazole rings is 1. The molecule has 0 spiro atoms. The Morgan fingerprint density at radius 2 is 1.82 bits per heavy atom. The molecule has 1 saturated heterocycles. The van der Waals surface area contributed by atoms with Crippen molar-refractivity contribution in [3.05, 3.63) is 41.0 Å². The standard InChI is InChI=1S/C22H28N4O3S.2C2H6/c1-13-20(30-12-25-13)16-5-3-14(4-6-16)10-24-21(28)18-9-17(27)11-26(18)22(29)19(23-2)15-7-8-15;2*1-2/h3-6,12,15,17-19,23,27H,7-11H2,1-2H3,(H,24,28);2*1-2H3. The third-order valence-corrected chi connectivity index (χ3v) is 6.94. The number of carbonyl (C=O) groups excluding carboxylic acids is 2. The lowest BCUT2D eigenvalue weighted by Crippen LogP contribution is -2.52. The second-order valence-corrected chi connectivity index (χ2v) is 9.04. The Kier molecular flexibility index (Phi) is 11.1. The van der Waals surface area contributed by atoms with Crippen molar-refractivity contribution in [1.29, 1.82) is 0 Å². The van der Waals surface area contributed by atoms with E-state index in [1.165, 1.54) is 0 Å². The van der Waals surface area contributed by atoms with E-state index < -0.39 is 12.1 Å². The van der Waals surface area contributed by atoms with E-state index in [9.17, 15) is 14.7 Å². The number of hydrogen-bond acceptors (Lipinski definition) is 6. The molecule has 1 saturated carbocycles. The van der Waals surface area contributed by atoms with Gasteiger partial charge < -0.3 is 20.6 Å². The third kappa shape index (κ3) is 6.87. The maximum absolute atomic E-state index is 12.9. The number of carbonyl (C=O) groups is 2. The van der Waals surface area contributed by atoms with Gasteiger partial charge in [-0.05, 0) is 43.9 Å². The minimum absolute atomic E-state index is 0.0824. The predicted octanol–water partition coefficient (Wildman–Crippen LogP) is 3.75. The largest absolute Gasteiger partial charge is 0.391 e. The number of rotatable bonds is 7.